The zero-order valence-corrected chi connectivity index (χ0v) is 13.1. The van der Waals surface area contributed by atoms with E-state index in [4.69, 9.17) is 15.2 Å². The molecule has 5 nitrogen and oxygen atoms in total. The van der Waals surface area contributed by atoms with Crippen LogP contribution < -0.4 is 32.2 Å². The molecule has 0 aliphatic rings. The van der Waals surface area contributed by atoms with Crippen molar-refractivity contribution in [2.24, 2.45) is 0 Å². The number of hydrogen-bond acceptors (Lipinski definition) is 4. The fourth-order valence-electron chi connectivity index (χ4n) is 1.80. The number of nitrogens with two attached hydrogens (primary N) is 1. The summed E-state index contributed by atoms with van der Waals surface area (Å²) in [7, 11) is 0. The van der Waals surface area contributed by atoms with E-state index in [0.717, 1.165) is 6.54 Å². The molecule has 0 saturated heterocycles. The van der Waals surface area contributed by atoms with Gasteiger partial charge in [0, 0.05) is 11.8 Å². The van der Waals surface area contributed by atoms with E-state index in [2.05, 4.69) is 0 Å². The maximum atomic E-state index is 11.8. The summed E-state index contributed by atoms with van der Waals surface area (Å²) in [6.45, 7) is 2.99. The van der Waals surface area contributed by atoms with Crippen molar-refractivity contribution in [1.82, 2.24) is 0 Å². The standard InChI is InChI=1S/C16H19N2O3.ClH/c1-2-18-11-4-3-5-15(18)21-16(19)10-12-20-14-8-6-13(17)7-9-14;/h3-9,11H,2,10,12,17H2,1H3;1H/q+1;/p-1. The number of nitrogen functional groups attached to an aromatic ring is 1. The van der Waals surface area contributed by atoms with Crippen LogP contribution in [0.15, 0.2) is 48.7 Å². The van der Waals surface area contributed by atoms with Crippen LogP contribution >= 0.6 is 0 Å². The third-order valence-corrected chi connectivity index (χ3v) is 2.91. The monoisotopic (exact) mass is 322 g/mol. The van der Waals surface area contributed by atoms with Crippen molar-refractivity contribution in [2.45, 2.75) is 19.9 Å². The van der Waals surface area contributed by atoms with Crippen molar-refractivity contribution >= 4 is 11.7 Å². The van der Waals surface area contributed by atoms with E-state index in [1.54, 1.807) is 30.3 Å². The summed E-state index contributed by atoms with van der Waals surface area (Å²) in [4.78, 5) is 11.8. The van der Waals surface area contributed by atoms with Gasteiger partial charge in [0.25, 0.3) is 0 Å². The molecule has 0 bridgehead atoms. The molecule has 22 heavy (non-hydrogen) atoms. The normalized spacial score (nSPS) is 9.68. The van der Waals surface area contributed by atoms with E-state index in [1.807, 2.05) is 29.8 Å². The highest BCUT2D eigenvalue weighted by atomic mass is 35.5. The lowest BCUT2D eigenvalue weighted by molar-refractivity contribution is -0.697. The quantitative estimate of drug-likeness (QED) is 0.419. The predicted molar refractivity (Wildman–Crippen MR) is 78.9 cm³/mol. The maximum Gasteiger partial charge on any atom is 0.375 e. The third kappa shape index (κ3) is 5.26. The molecule has 0 amide bonds. The number of esters is 1. The van der Waals surface area contributed by atoms with Gasteiger partial charge in [-0.05, 0) is 37.3 Å². The average Bonchev–Trinajstić information content (AvgIpc) is 2.50. The number of carbonyl (C=O) groups is 1. The van der Waals surface area contributed by atoms with Crippen molar-refractivity contribution in [2.75, 3.05) is 12.3 Å². The number of nitrogens with zero attached hydrogens (tertiary/aromatic N) is 1. The van der Waals surface area contributed by atoms with Gasteiger partial charge < -0.3 is 27.6 Å². The minimum atomic E-state index is -0.321. The van der Waals surface area contributed by atoms with Gasteiger partial charge >= 0.3 is 11.8 Å². The van der Waals surface area contributed by atoms with E-state index >= 15 is 0 Å². The maximum absolute atomic E-state index is 11.8. The molecule has 2 rings (SSSR count). The van der Waals surface area contributed by atoms with Crippen molar-refractivity contribution < 1.29 is 31.2 Å². The lowest BCUT2D eigenvalue weighted by atomic mass is 10.3. The minimum absolute atomic E-state index is 0. The smallest absolute Gasteiger partial charge is 0.375 e. The molecule has 6 heteroatoms. The Morgan fingerprint density at radius 1 is 1.18 bits per heavy atom. The zero-order valence-electron chi connectivity index (χ0n) is 12.4. The van der Waals surface area contributed by atoms with Crippen LogP contribution in [0.2, 0.25) is 0 Å². The molecule has 1 aromatic heterocycles. The first-order chi connectivity index (χ1) is 10.2. The predicted octanol–water partition coefficient (Wildman–Crippen LogP) is -1.05. The van der Waals surface area contributed by atoms with Crippen LogP contribution in [0.1, 0.15) is 13.3 Å². The molecular formula is C16H19ClN2O3. The number of aromatic nitrogens is 1. The molecule has 1 heterocycles. The summed E-state index contributed by atoms with van der Waals surface area (Å²) in [5.74, 6) is 0.900. The molecule has 0 spiro atoms. The van der Waals surface area contributed by atoms with Crippen LogP contribution in [0.4, 0.5) is 5.69 Å². The zero-order chi connectivity index (χ0) is 15.1. The highest BCUT2D eigenvalue weighted by Crippen LogP contribution is 2.13. The van der Waals surface area contributed by atoms with Crippen molar-refractivity contribution in [1.29, 1.82) is 0 Å². The number of rotatable bonds is 6. The number of pyridine rings is 1. The van der Waals surface area contributed by atoms with Crippen LogP contribution in [0.3, 0.4) is 0 Å². The lowest BCUT2D eigenvalue weighted by Crippen LogP contribution is -3.00. The largest absolute Gasteiger partial charge is 1.00 e. The summed E-state index contributed by atoms with van der Waals surface area (Å²) in [5.41, 5.74) is 6.26. The number of carbonyl (C=O) groups excluding carboxylic acids is 1. The Morgan fingerprint density at radius 3 is 2.59 bits per heavy atom. The van der Waals surface area contributed by atoms with Gasteiger partial charge in [-0.25, -0.2) is 0 Å². The Balaban J connectivity index is 0.00000242. The van der Waals surface area contributed by atoms with Gasteiger partial charge in [-0.1, -0.05) is 0 Å². The molecule has 0 unspecified atom stereocenters. The van der Waals surface area contributed by atoms with Gasteiger partial charge in [-0.3, -0.25) is 4.79 Å². The Bertz CT molecular complexity index is 603. The Labute approximate surface area is 136 Å². The molecule has 0 saturated carbocycles. The molecule has 118 valence electrons. The fraction of sp³-hybridized carbons (Fsp3) is 0.250. The number of benzene rings is 1. The molecule has 2 aromatic rings. The SMILES string of the molecule is CC[n+]1ccccc1OC(=O)CCOc1ccc(N)cc1.[Cl-]. The highest BCUT2D eigenvalue weighted by Gasteiger charge is 2.13. The van der Waals surface area contributed by atoms with Gasteiger partial charge in [0.1, 0.15) is 12.3 Å². The molecule has 2 N–H and O–H groups in total. The van der Waals surface area contributed by atoms with Gasteiger partial charge in [-0.15, -0.1) is 0 Å². The summed E-state index contributed by atoms with van der Waals surface area (Å²) in [6, 6.07) is 12.5. The van der Waals surface area contributed by atoms with Crippen LogP contribution in [0, 0.1) is 0 Å². The number of ether oxygens (including phenoxy) is 2. The van der Waals surface area contributed by atoms with Crippen LogP contribution in [-0.2, 0) is 11.3 Å². The van der Waals surface area contributed by atoms with Crippen LogP contribution in [-0.4, -0.2) is 12.6 Å². The lowest BCUT2D eigenvalue weighted by Gasteiger charge is -2.06. The summed E-state index contributed by atoms with van der Waals surface area (Å²) in [6.07, 6.45) is 2.05. The van der Waals surface area contributed by atoms with E-state index in [-0.39, 0.29) is 31.4 Å². The minimum Gasteiger partial charge on any atom is -1.00 e. The van der Waals surface area contributed by atoms with Gasteiger partial charge in [0.15, 0.2) is 6.20 Å². The summed E-state index contributed by atoms with van der Waals surface area (Å²) < 4.78 is 12.6. The third-order valence-electron chi connectivity index (χ3n) is 2.91. The van der Waals surface area contributed by atoms with Gasteiger partial charge in [0.05, 0.1) is 19.1 Å². The second-order valence-electron chi connectivity index (χ2n) is 4.47. The molecule has 0 aliphatic heterocycles. The fourth-order valence-corrected chi connectivity index (χ4v) is 1.80. The first-order valence-electron chi connectivity index (χ1n) is 6.86. The molecule has 1 aromatic carbocycles. The average molecular weight is 323 g/mol. The molecular weight excluding hydrogens is 304 g/mol. The van der Waals surface area contributed by atoms with Crippen LogP contribution in [0.25, 0.3) is 0 Å². The molecule has 0 fully saturated rings. The first-order valence-corrected chi connectivity index (χ1v) is 6.86. The summed E-state index contributed by atoms with van der Waals surface area (Å²) >= 11 is 0. The van der Waals surface area contributed by atoms with Crippen molar-refractivity contribution in [3.63, 3.8) is 0 Å². The summed E-state index contributed by atoms with van der Waals surface area (Å²) in [5, 5.41) is 0. The Hall–Kier alpha value is -2.27. The molecule has 0 atom stereocenters. The Kier molecular flexibility index (Phi) is 7.19. The van der Waals surface area contributed by atoms with E-state index < -0.39 is 0 Å². The van der Waals surface area contributed by atoms with Crippen molar-refractivity contribution in [3.05, 3.63) is 48.7 Å². The first kappa shape index (κ1) is 17.8. The highest BCUT2D eigenvalue weighted by molar-refractivity contribution is 5.71. The number of hydrogen-bond donors (Lipinski definition) is 1. The Morgan fingerprint density at radius 2 is 1.91 bits per heavy atom. The van der Waals surface area contributed by atoms with Gasteiger partial charge in [-0.2, -0.15) is 4.57 Å². The van der Waals surface area contributed by atoms with Gasteiger partial charge in [0.2, 0.25) is 0 Å². The van der Waals surface area contributed by atoms with E-state index in [9.17, 15) is 4.79 Å². The number of anilines is 1. The van der Waals surface area contributed by atoms with Crippen LogP contribution in [0.5, 0.6) is 11.6 Å². The number of halogens is 1. The second-order valence-corrected chi connectivity index (χ2v) is 4.47. The topological polar surface area (TPSA) is 65.4 Å². The van der Waals surface area contributed by atoms with E-state index in [0.29, 0.717) is 17.3 Å². The number of aryl methyl sites for hydroxylation is 1. The molecule has 0 radical (unpaired) electrons. The van der Waals surface area contributed by atoms with E-state index in [1.165, 1.54) is 0 Å². The van der Waals surface area contributed by atoms with Crippen molar-refractivity contribution in [3.8, 4) is 11.6 Å². The molecule has 0 aliphatic carbocycles. The second kappa shape index (κ2) is 8.89.